The monoisotopic (exact) mass is 427 g/mol. The minimum Gasteiger partial charge on any atom is -0.494 e. The number of ether oxygens (including phenoxy) is 2. The number of carbonyl (C=O) groups is 2. The Balaban J connectivity index is 1.70. The lowest BCUT2D eigenvalue weighted by Gasteiger charge is -2.25. The highest BCUT2D eigenvalue weighted by atomic mass is 32.1. The van der Waals surface area contributed by atoms with Crippen LogP contribution in [0.25, 0.3) is 0 Å². The largest absolute Gasteiger partial charge is 0.494 e. The van der Waals surface area contributed by atoms with E-state index in [1.54, 1.807) is 36.1 Å². The summed E-state index contributed by atoms with van der Waals surface area (Å²) in [5.74, 6) is 0.441. The molecule has 2 amide bonds. The number of hydrogen-bond acceptors (Lipinski definition) is 6. The maximum atomic E-state index is 12.7. The van der Waals surface area contributed by atoms with E-state index in [4.69, 9.17) is 9.47 Å². The van der Waals surface area contributed by atoms with Gasteiger partial charge in [0.05, 0.1) is 25.3 Å². The van der Waals surface area contributed by atoms with Gasteiger partial charge in [0.2, 0.25) is 0 Å². The number of rotatable bonds is 7. The van der Waals surface area contributed by atoms with Crippen LogP contribution in [-0.2, 0) is 17.7 Å². The third kappa shape index (κ3) is 4.92. The molecule has 1 N–H and O–H groups in total. The SMILES string of the molecule is CCCCOc1ccc(C(=O)Nc2sc3c(c2C#N)CCN(C(=O)OCC)C3)cc1. The highest BCUT2D eigenvalue weighted by Gasteiger charge is 2.28. The Labute approximate surface area is 180 Å². The molecular formula is C22H25N3O4S. The Morgan fingerprint density at radius 2 is 2.03 bits per heavy atom. The lowest BCUT2D eigenvalue weighted by atomic mass is 10.0. The van der Waals surface area contributed by atoms with E-state index in [2.05, 4.69) is 18.3 Å². The predicted molar refractivity (Wildman–Crippen MR) is 115 cm³/mol. The van der Waals surface area contributed by atoms with Gasteiger partial charge in [-0.2, -0.15) is 5.26 Å². The molecule has 0 bridgehead atoms. The molecule has 1 aromatic heterocycles. The zero-order valence-electron chi connectivity index (χ0n) is 17.2. The van der Waals surface area contributed by atoms with Gasteiger partial charge >= 0.3 is 6.09 Å². The van der Waals surface area contributed by atoms with E-state index in [1.807, 2.05) is 0 Å². The van der Waals surface area contributed by atoms with Gasteiger partial charge in [-0.15, -0.1) is 11.3 Å². The molecule has 30 heavy (non-hydrogen) atoms. The fraction of sp³-hybridized carbons (Fsp3) is 0.409. The standard InChI is InChI=1S/C22H25N3O4S/c1-3-5-12-29-16-8-6-15(7-9-16)20(26)24-21-18(13-23)17-10-11-25(14-19(17)30-21)22(27)28-4-2/h6-9H,3-5,10-12,14H2,1-2H3,(H,24,26). The van der Waals surface area contributed by atoms with Crippen LogP contribution >= 0.6 is 11.3 Å². The highest BCUT2D eigenvalue weighted by Crippen LogP contribution is 2.37. The average Bonchev–Trinajstić information content (AvgIpc) is 3.10. The van der Waals surface area contributed by atoms with Crippen molar-refractivity contribution in [2.45, 2.75) is 39.7 Å². The average molecular weight is 428 g/mol. The van der Waals surface area contributed by atoms with Crippen molar-refractivity contribution in [3.8, 4) is 11.8 Å². The molecule has 0 unspecified atom stereocenters. The maximum Gasteiger partial charge on any atom is 0.410 e. The van der Waals surface area contributed by atoms with E-state index in [1.165, 1.54) is 11.3 Å². The molecule has 0 fully saturated rings. The van der Waals surface area contributed by atoms with Crippen molar-refractivity contribution in [3.05, 3.63) is 45.8 Å². The van der Waals surface area contributed by atoms with Crippen LogP contribution in [0.3, 0.4) is 0 Å². The second kappa shape index (κ2) is 10.1. The summed E-state index contributed by atoms with van der Waals surface area (Å²) < 4.78 is 10.7. The van der Waals surface area contributed by atoms with E-state index in [0.29, 0.717) is 48.9 Å². The molecule has 0 atom stereocenters. The Morgan fingerprint density at radius 1 is 1.27 bits per heavy atom. The minimum absolute atomic E-state index is 0.285. The first kappa shape index (κ1) is 21.7. The Hall–Kier alpha value is -3.05. The quantitative estimate of drug-likeness (QED) is 0.654. The molecule has 3 rings (SSSR count). The summed E-state index contributed by atoms with van der Waals surface area (Å²) in [5, 5.41) is 13.0. The summed E-state index contributed by atoms with van der Waals surface area (Å²) in [6.07, 6.45) is 2.24. The van der Waals surface area contributed by atoms with Gasteiger partial charge in [-0.1, -0.05) is 13.3 Å². The Morgan fingerprint density at radius 3 is 2.70 bits per heavy atom. The Kier molecular flexibility index (Phi) is 7.31. The number of hydrogen-bond donors (Lipinski definition) is 1. The number of unbranched alkanes of at least 4 members (excludes halogenated alkanes) is 1. The number of amides is 2. The Bertz CT molecular complexity index is 947. The minimum atomic E-state index is -0.359. The van der Waals surface area contributed by atoms with Gasteiger partial charge in [-0.3, -0.25) is 4.79 Å². The molecule has 2 aromatic rings. The van der Waals surface area contributed by atoms with E-state index < -0.39 is 0 Å². The van der Waals surface area contributed by atoms with E-state index in [9.17, 15) is 14.9 Å². The van der Waals surface area contributed by atoms with E-state index in [0.717, 1.165) is 29.0 Å². The third-order valence-corrected chi connectivity index (χ3v) is 5.94. The number of carbonyl (C=O) groups excluding carboxylic acids is 2. The number of fused-ring (bicyclic) bond motifs is 1. The first-order valence-electron chi connectivity index (χ1n) is 10.1. The molecule has 8 heteroatoms. The molecular weight excluding hydrogens is 402 g/mol. The van der Waals surface area contributed by atoms with Crippen molar-refractivity contribution >= 4 is 28.3 Å². The molecule has 0 radical (unpaired) electrons. The van der Waals surface area contributed by atoms with Crippen LogP contribution in [0.15, 0.2) is 24.3 Å². The van der Waals surface area contributed by atoms with Crippen molar-refractivity contribution in [2.24, 2.45) is 0 Å². The zero-order valence-corrected chi connectivity index (χ0v) is 18.0. The number of thiophene rings is 1. The molecule has 0 saturated carbocycles. The van der Waals surface area contributed by atoms with E-state index >= 15 is 0 Å². The highest BCUT2D eigenvalue weighted by molar-refractivity contribution is 7.16. The van der Waals surface area contributed by atoms with Crippen molar-refractivity contribution in [2.75, 3.05) is 25.1 Å². The number of anilines is 1. The van der Waals surface area contributed by atoms with Gasteiger partial charge in [0, 0.05) is 17.0 Å². The number of nitrogens with zero attached hydrogens (tertiary/aromatic N) is 2. The van der Waals surface area contributed by atoms with Crippen LogP contribution in [0, 0.1) is 11.3 Å². The summed E-state index contributed by atoms with van der Waals surface area (Å²) >= 11 is 1.34. The van der Waals surface area contributed by atoms with Crippen molar-refractivity contribution in [1.82, 2.24) is 4.90 Å². The number of nitriles is 1. The lowest BCUT2D eigenvalue weighted by Crippen LogP contribution is -2.35. The van der Waals surface area contributed by atoms with Gasteiger partial charge in [-0.25, -0.2) is 4.79 Å². The summed E-state index contributed by atoms with van der Waals surface area (Å²) in [6.45, 7) is 5.71. The number of benzene rings is 1. The fourth-order valence-corrected chi connectivity index (χ4v) is 4.40. The molecule has 0 saturated heterocycles. The molecule has 0 spiro atoms. The maximum absolute atomic E-state index is 12.7. The van der Waals surface area contributed by atoms with Gasteiger partial charge in [0.1, 0.15) is 16.8 Å². The van der Waals surface area contributed by atoms with Crippen LogP contribution in [0.2, 0.25) is 0 Å². The van der Waals surface area contributed by atoms with Crippen molar-refractivity contribution < 1.29 is 19.1 Å². The lowest BCUT2D eigenvalue weighted by molar-refractivity contribution is 0.102. The van der Waals surface area contributed by atoms with Crippen LogP contribution in [0.4, 0.5) is 9.80 Å². The second-order valence-electron chi connectivity index (χ2n) is 6.87. The van der Waals surface area contributed by atoms with Gasteiger partial charge in [-0.05, 0) is 49.6 Å². The summed E-state index contributed by atoms with van der Waals surface area (Å²) in [4.78, 5) is 27.2. The van der Waals surface area contributed by atoms with Gasteiger partial charge in [0.25, 0.3) is 5.91 Å². The number of nitrogens with one attached hydrogen (secondary N) is 1. The summed E-state index contributed by atoms with van der Waals surface area (Å²) in [7, 11) is 0. The van der Waals surface area contributed by atoms with Gasteiger partial charge < -0.3 is 19.7 Å². The first-order valence-corrected chi connectivity index (χ1v) is 10.9. The molecule has 1 aliphatic heterocycles. The third-order valence-electron chi connectivity index (χ3n) is 4.80. The van der Waals surface area contributed by atoms with Crippen LogP contribution in [0.5, 0.6) is 5.75 Å². The fourth-order valence-electron chi connectivity index (χ4n) is 3.19. The molecule has 1 aliphatic rings. The van der Waals surface area contributed by atoms with Crippen LogP contribution in [0.1, 0.15) is 53.1 Å². The molecule has 0 aliphatic carbocycles. The van der Waals surface area contributed by atoms with Crippen LogP contribution in [-0.4, -0.2) is 36.7 Å². The normalized spacial score (nSPS) is 12.6. The van der Waals surface area contributed by atoms with Crippen molar-refractivity contribution in [3.63, 3.8) is 0 Å². The topological polar surface area (TPSA) is 91.7 Å². The van der Waals surface area contributed by atoms with E-state index in [-0.39, 0.29) is 12.0 Å². The van der Waals surface area contributed by atoms with Gasteiger partial charge in [0.15, 0.2) is 0 Å². The van der Waals surface area contributed by atoms with Crippen LogP contribution < -0.4 is 10.1 Å². The first-order chi connectivity index (χ1) is 14.6. The zero-order chi connectivity index (χ0) is 21.5. The second-order valence-corrected chi connectivity index (χ2v) is 7.98. The molecule has 158 valence electrons. The smallest absolute Gasteiger partial charge is 0.410 e. The van der Waals surface area contributed by atoms with Crippen molar-refractivity contribution in [1.29, 1.82) is 5.26 Å². The predicted octanol–water partition coefficient (Wildman–Crippen LogP) is 4.57. The molecule has 2 heterocycles. The summed E-state index contributed by atoms with van der Waals surface area (Å²) in [5.41, 5.74) is 1.87. The molecule has 7 nitrogen and oxygen atoms in total. The molecule has 1 aromatic carbocycles. The summed E-state index contributed by atoms with van der Waals surface area (Å²) in [6, 6.07) is 9.16.